The van der Waals surface area contributed by atoms with Crippen LogP contribution in [0.2, 0.25) is 0 Å². The molecule has 0 radical (unpaired) electrons. The zero-order valence-electron chi connectivity index (χ0n) is 13.9. The number of fused-ring (bicyclic) bond motifs is 1. The molecule has 1 saturated heterocycles. The van der Waals surface area contributed by atoms with Crippen molar-refractivity contribution >= 4 is 5.91 Å². The normalized spacial score (nSPS) is 23.1. The van der Waals surface area contributed by atoms with Crippen LogP contribution in [0, 0.1) is 11.8 Å². The first kappa shape index (κ1) is 16.1. The van der Waals surface area contributed by atoms with E-state index >= 15 is 0 Å². The van der Waals surface area contributed by atoms with Crippen LogP contribution >= 0.6 is 0 Å². The van der Waals surface area contributed by atoms with Gasteiger partial charge in [-0.05, 0) is 24.5 Å². The number of hydrogen-bond donors (Lipinski definition) is 0. The molecule has 0 N–H and O–H groups in total. The van der Waals surface area contributed by atoms with Crippen LogP contribution in [0.4, 0.5) is 0 Å². The molecule has 1 fully saturated rings. The predicted molar refractivity (Wildman–Crippen MR) is 86.7 cm³/mol. The second kappa shape index (κ2) is 7.21. The molecule has 5 nitrogen and oxygen atoms in total. The molecule has 0 bridgehead atoms. The van der Waals surface area contributed by atoms with Crippen LogP contribution in [0.25, 0.3) is 0 Å². The van der Waals surface area contributed by atoms with E-state index in [0.29, 0.717) is 23.3 Å². The number of carbonyl (C=O) groups excluding carboxylic acids is 1. The van der Waals surface area contributed by atoms with E-state index in [1.807, 2.05) is 29.2 Å². The minimum Gasteiger partial charge on any atom is -0.485 e. The van der Waals surface area contributed by atoms with Gasteiger partial charge in [0.1, 0.15) is 6.61 Å². The lowest BCUT2D eigenvalue weighted by Gasteiger charge is -2.32. The number of rotatable bonds is 5. The van der Waals surface area contributed by atoms with Crippen LogP contribution < -0.4 is 9.47 Å². The van der Waals surface area contributed by atoms with E-state index in [4.69, 9.17) is 14.2 Å². The van der Waals surface area contributed by atoms with Crippen LogP contribution in [-0.2, 0) is 9.53 Å². The largest absolute Gasteiger partial charge is 0.485 e. The maximum atomic E-state index is 12.9. The Morgan fingerprint density at radius 3 is 2.74 bits per heavy atom. The molecule has 0 saturated carbocycles. The SMILES string of the molecule is CC(C)CN(C[C@@H]1CCOC1)C(=O)[C@H]1COc2ccccc2O1. The van der Waals surface area contributed by atoms with E-state index in [0.717, 1.165) is 32.7 Å². The van der Waals surface area contributed by atoms with Crippen molar-refractivity contribution < 1.29 is 19.0 Å². The molecule has 5 heteroatoms. The Morgan fingerprint density at radius 2 is 2.04 bits per heavy atom. The third-order valence-electron chi connectivity index (χ3n) is 4.18. The fourth-order valence-corrected chi connectivity index (χ4v) is 3.08. The number of hydrogen-bond acceptors (Lipinski definition) is 4. The lowest BCUT2D eigenvalue weighted by Crippen LogP contribution is -2.49. The van der Waals surface area contributed by atoms with E-state index in [2.05, 4.69) is 13.8 Å². The average Bonchev–Trinajstić information content (AvgIpc) is 3.06. The molecular formula is C18H25NO4. The highest BCUT2D eigenvalue weighted by Gasteiger charge is 2.33. The minimum absolute atomic E-state index is 0.0140. The van der Waals surface area contributed by atoms with Crippen LogP contribution in [0.3, 0.4) is 0 Å². The zero-order chi connectivity index (χ0) is 16.2. The number of carbonyl (C=O) groups is 1. The molecule has 23 heavy (non-hydrogen) atoms. The summed E-state index contributed by atoms with van der Waals surface area (Å²) in [6.07, 6.45) is 0.457. The molecule has 2 aliphatic heterocycles. The van der Waals surface area contributed by atoms with E-state index in [1.54, 1.807) is 0 Å². The Labute approximate surface area is 137 Å². The van der Waals surface area contributed by atoms with Crippen molar-refractivity contribution in [2.45, 2.75) is 26.4 Å². The molecule has 1 aromatic rings. The van der Waals surface area contributed by atoms with E-state index < -0.39 is 6.10 Å². The third-order valence-corrected chi connectivity index (χ3v) is 4.18. The first-order valence-electron chi connectivity index (χ1n) is 8.38. The molecule has 2 aliphatic rings. The van der Waals surface area contributed by atoms with Gasteiger partial charge in [0.15, 0.2) is 11.5 Å². The number of amides is 1. The standard InChI is InChI=1S/C18H25NO4/c1-13(2)9-19(10-14-7-8-21-11-14)18(20)17-12-22-15-5-3-4-6-16(15)23-17/h3-6,13-14,17H,7-12H2,1-2H3/t14-,17+/m0/s1. The number of benzene rings is 1. The molecule has 2 heterocycles. The Bertz CT molecular complexity index is 540. The highest BCUT2D eigenvalue weighted by Crippen LogP contribution is 2.31. The number of ether oxygens (including phenoxy) is 3. The Morgan fingerprint density at radius 1 is 1.26 bits per heavy atom. The van der Waals surface area contributed by atoms with Gasteiger partial charge in [0, 0.05) is 25.6 Å². The van der Waals surface area contributed by atoms with Crippen LogP contribution in [0.1, 0.15) is 20.3 Å². The van der Waals surface area contributed by atoms with Gasteiger partial charge in [-0.3, -0.25) is 4.79 Å². The van der Waals surface area contributed by atoms with Gasteiger partial charge in [0.05, 0.1) is 6.61 Å². The summed E-state index contributed by atoms with van der Waals surface area (Å²) in [5.41, 5.74) is 0. The topological polar surface area (TPSA) is 48.0 Å². The molecule has 1 amide bonds. The van der Waals surface area contributed by atoms with Crippen molar-refractivity contribution in [2.24, 2.45) is 11.8 Å². The molecule has 0 aromatic heterocycles. The molecule has 2 atom stereocenters. The van der Waals surface area contributed by atoms with Gasteiger partial charge in [-0.15, -0.1) is 0 Å². The Kier molecular flexibility index (Phi) is 5.06. The maximum absolute atomic E-state index is 12.9. The zero-order valence-corrected chi connectivity index (χ0v) is 13.9. The van der Waals surface area contributed by atoms with Crippen molar-refractivity contribution in [1.29, 1.82) is 0 Å². The smallest absolute Gasteiger partial charge is 0.267 e. The maximum Gasteiger partial charge on any atom is 0.267 e. The van der Waals surface area contributed by atoms with E-state index in [-0.39, 0.29) is 12.5 Å². The van der Waals surface area contributed by atoms with Crippen LogP contribution in [-0.4, -0.2) is 49.8 Å². The summed E-state index contributed by atoms with van der Waals surface area (Å²) in [4.78, 5) is 14.8. The van der Waals surface area contributed by atoms with Crippen LogP contribution in [0.5, 0.6) is 11.5 Å². The van der Waals surface area contributed by atoms with Crippen molar-refractivity contribution in [3.63, 3.8) is 0 Å². The molecule has 0 spiro atoms. The van der Waals surface area contributed by atoms with Gasteiger partial charge in [-0.1, -0.05) is 26.0 Å². The summed E-state index contributed by atoms with van der Waals surface area (Å²) < 4.78 is 17.0. The molecule has 126 valence electrons. The fourth-order valence-electron chi connectivity index (χ4n) is 3.08. The van der Waals surface area contributed by atoms with E-state index in [9.17, 15) is 4.79 Å². The van der Waals surface area contributed by atoms with Crippen molar-refractivity contribution in [2.75, 3.05) is 32.9 Å². The summed E-state index contributed by atoms with van der Waals surface area (Å²) in [6, 6.07) is 7.48. The number of para-hydroxylation sites is 2. The Hall–Kier alpha value is -1.75. The summed E-state index contributed by atoms with van der Waals surface area (Å²) in [5.74, 6) is 2.20. The molecule has 0 unspecified atom stereocenters. The van der Waals surface area contributed by atoms with Crippen molar-refractivity contribution in [3.8, 4) is 11.5 Å². The summed E-state index contributed by atoms with van der Waals surface area (Å²) >= 11 is 0. The summed E-state index contributed by atoms with van der Waals surface area (Å²) in [5, 5.41) is 0. The van der Waals surface area contributed by atoms with Crippen molar-refractivity contribution in [3.05, 3.63) is 24.3 Å². The predicted octanol–water partition coefficient (Wildman–Crippen LogP) is 2.35. The van der Waals surface area contributed by atoms with Crippen LogP contribution in [0.15, 0.2) is 24.3 Å². The summed E-state index contributed by atoms with van der Waals surface area (Å²) in [7, 11) is 0. The second-order valence-corrected chi connectivity index (χ2v) is 6.73. The average molecular weight is 319 g/mol. The molecule has 1 aromatic carbocycles. The minimum atomic E-state index is -0.564. The van der Waals surface area contributed by atoms with Gasteiger partial charge in [-0.25, -0.2) is 0 Å². The quantitative estimate of drug-likeness (QED) is 0.836. The Balaban J connectivity index is 1.67. The number of nitrogens with zero attached hydrogens (tertiary/aromatic N) is 1. The van der Waals surface area contributed by atoms with Gasteiger partial charge in [0.2, 0.25) is 6.10 Å². The lowest BCUT2D eigenvalue weighted by molar-refractivity contribution is -0.142. The van der Waals surface area contributed by atoms with Gasteiger partial charge < -0.3 is 19.1 Å². The first-order valence-corrected chi connectivity index (χ1v) is 8.38. The molecular weight excluding hydrogens is 294 g/mol. The lowest BCUT2D eigenvalue weighted by atomic mass is 10.1. The fraction of sp³-hybridized carbons (Fsp3) is 0.611. The van der Waals surface area contributed by atoms with Gasteiger partial charge in [0.25, 0.3) is 5.91 Å². The molecule has 3 rings (SSSR count). The highest BCUT2D eigenvalue weighted by atomic mass is 16.6. The highest BCUT2D eigenvalue weighted by molar-refractivity contribution is 5.82. The second-order valence-electron chi connectivity index (χ2n) is 6.73. The van der Waals surface area contributed by atoms with E-state index in [1.165, 1.54) is 0 Å². The van der Waals surface area contributed by atoms with Crippen molar-refractivity contribution in [1.82, 2.24) is 4.90 Å². The first-order chi connectivity index (χ1) is 11.1. The third kappa shape index (κ3) is 3.96. The van der Waals surface area contributed by atoms with Gasteiger partial charge >= 0.3 is 0 Å². The van der Waals surface area contributed by atoms with Gasteiger partial charge in [-0.2, -0.15) is 0 Å². The monoisotopic (exact) mass is 319 g/mol. The summed E-state index contributed by atoms with van der Waals surface area (Å²) in [6.45, 7) is 7.52. The molecule has 0 aliphatic carbocycles.